The van der Waals surface area contributed by atoms with Gasteiger partial charge in [0, 0.05) is 13.5 Å². The van der Waals surface area contributed by atoms with Crippen LogP contribution in [0.15, 0.2) is 18.2 Å². The monoisotopic (exact) mass is 534 g/mol. The van der Waals surface area contributed by atoms with E-state index in [1.54, 1.807) is 26.1 Å². The maximum absolute atomic E-state index is 13.4. The van der Waals surface area contributed by atoms with Crippen LogP contribution in [0.4, 0.5) is 5.69 Å². The van der Waals surface area contributed by atoms with Crippen molar-refractivity contribution in [3.63, 3.8) is 0 Å². The number of hydrogen-bond donors (Lipinski definition) is 3. The second kappa shape index (κ2) is 14.6. The van der Waals surface area contributed by atoms with Crippen LogP contribution in [0.5, 0.6) is 5.75 Å². The van der Waals surface area contributed by atoms with Crippen molar-refractivity contribution in [2.24, 2.45) is 11.8 Å². The number of esters is 3. The Balaban J connectivity index is 2.33. The lowest BCUT2D eigenvalue weighted by Gasteiger charge is -2.29. The van der Waals surface area contributed by atoms with Gasteiger partial charge in [-0.05, 0) is 38.3 Å². The molecule has 38 heavy (non-hydrogen) atoms. The van der Waals surface area contributed by atoms with Crippen LogP contribution in [0.3, 0.4) is 0 Å². The molecule has 0 aromatic heterocycles. The Morgan fingerprint density at radius 3 is 2.37 bits per heavy atom. The minimum atomic E-state index is -1.35. The summed E-state index contributed by atoms with van der Waals surface area (Å²) >= 11 is 0. The Kier molecular flexibility index (Phi) is 11.9. The fourth-order valence-corrected chi connectivity index (χ4v) is 4.42. The highest BCUT2D eigenvalue weighted by atomic mass is 16.6. The van der Waals surface area contributed by atoms with Gasteiger partial charge in [0.2, 0.25) is 0 Å². The summed E-state index contributed by atoms with van der Waals surface area (Å²) < 4.78 is 17.0. The van der Waals surface area contributed by atoms with E-state index in [1.165, 1.54) is 13.0 Å². The number of amides is 1. The lowest BCUT2D eigenvalue weighted by molar-refractivity contribution is -0.175. The number of cyclic esters (lactones) is 2. The van der Waals surface area contributed by atoms with Crippen molar-refractivity contribution in [2.75, 3.05) is 12.4 Å². The topological polar surface area (TPSA) is 140 Å². The van der Waals surface area contributed by atoms with Gasteiger partial charge in [0.05, 0.1) is 17.2 Å². The summed E-state index contributed by atoms with van der Waals surface area (Å²) in [6.45, 7) is 8.89. The summed E-state index contributed by atoms with van der Waals surface area (Å²) in [4.78, 5) is 52.1. The van der Waals surface area contributed by atoms with Gasteiger partial charge in [-0.2, -0.15) is 0 Å². The number of unbranched alkanes of at least 4 members (excludes halogenated alkanes) is 3. The van der Waals surface area contributed by atoms with E-state index in [0.717, 1.165) is 19.3 Å². The molecule has 10 nitrogen and oxygen atoms in total. The van der Waals surface area contributed by atoms with Crippen LogP contribution in [-0.4, -0.2) is 60.3 Å². The van der Waals surface area contributed by atoms with Crippen LogP contribution in [0, 0.1) is 11.8 Å². The highest BCUT2D eigenvalue weighted by molar-refractivity contribution is 6.00. The molecule has 1 aliphatic rings. The van der Waals surface area contributed by atoms with Gasteiger partial charge in [-0.1, -0.05) is 52.5 Å². The first-order valence-corrected chi connectivity index (χ1v) is 13.4. The quantitative estimate of drug-likeness (QED) is 0.167. The van der Waals surface area contributed by atoms with Gasteiger partial charge in [-0.15, -0.1) is 0 Å². The predicted octanol–water partition coefficient (Wildman–Crippen LogP) is 3.95. The summed E-state index contributed by atoms with van der Waals surface area (Å²) in [6.07, 6.45) is 1.09. The minimum absolute atomic E-state index is 0.0455. The first kappa shape index (κ1) is 30.9. The first-order valence-electron chi connectivity index (χ1n) is 13.4. The van der Waals surface area contributed by atoms with Gasteiger partial charge >= 0.3 is 17.9 Å². The number of phenols is 1. The van der Waals surface area contributed by atoms with E-state index in [4.69, 9.17) is 14.2 Å². The average molecular weight is 535 g/mol. The van der Waals surface area contributed by atoms with Crippen molar-refractivity contribution in [3.8, 4) is 5.75 Å². The van der Waals surface area contributed by atoms with Crippen molar-refractivity contribution in [3.05, 3.63) is 23.8 Å². The number of rotatable bonds is 11. The molecular weight excluding hydrogens is 492 g/mol. The number of benzene rings is 1. The fourth-order valence-electron chi connectivity index (χ4n) is 4.42. The van der Waals surface area contributed by atoms with E-state index in [-0.39, 0.29) is 23.7 Å². The molecule has 1 aliphatic heterocycles. The van der Waals surface area contributed by atoms with E-state index in [9.17, 15) is 24.3 Å². The largest absolute Gasteiger partial charge is 0.505 e. The van der Waals surface area contributed by atoms with E-state index in [1.807, 2.05) is 13.8 Å². The lowest BCUT2D eigenvalue weighted by Crippen LogP contribution is -2.50. The second-order valence-corrected chi connectivity index (χ2v) is 10.2. The number of aromatic hydroxyl groups is 1. The summed E-state index contributed by atoms with van der Waals surface area (Å²) in [5.74, 6) is -3.77. The van der Waals surface area contributed by atoms with Crippen molar-refractivity contribution < 1.29 is 38.5 Å². The summed E-state index contributed by atoms with van der Waals surface area (Å²) in [5, 5.41) is 15.7. The standard InChI is InChI=1S/C28H42N2O8/c1-7-8-9-10-12-20-25(38-22(31)15-16(2)3)18(5)37-28(35)23(17(4)36-27(20)34)30-26(33)19-13-11-14-21(29-6)24(19)32/h11,13-14,16-18,20,23,25,29,32H,7-10,12,15H2,1-6H3,(H,30,33)/t17-,18+,20-,23+,25+/m1/s1. The molecule has 212 valence electrons. The van der Waals surface area contributed by atoms with Gasteiger partial charge in [0.25, 0.3) is 5.91 Å². The van der Waals surface area contributed by atoms with E-state index < -0.39 is 54.1 Å². The van der Waals surface area contributed by atoms with Crippen LogP contribution < -0.4 is 10.6 Å². The molecule has 1 heterocycles. The highest BCUT2D eigenvalue weighted by Crippen LogP contribution is 2.29. The number of nitrogens with one attached hydrogen (secondary N) is 2. The van der Waals surface area contributed by atoms with Gasteiger partial charge in [-0.3, -0.25) is 14.4 Å². The molecule has 2 rings (SSSR count). The number of carbonyl (C=O) groups is 4. The zero-order valence-corrected chi connectivity index (χ0v) is 23.2. The maximum Gasteiger partial charge on any atom is 0.332 e. The second-order valence-electron chi connectivity index (χ2n) is 10.2. The zero-order chi connectivity index (χ0) is 28.4. The normalized spacial score (nSPS) is 23.9. The molecule has 1 aromatic carbocycles. The molecule has 0 unspecified atom stereocenters. The molecule has 1 fully saturated rings. The molecule has 1 aromatic rings. The fraction of sp³-hybridized carbons (Fsp3) is 0.643. The van der Waals surface area contributed by atoms with Crippen molar-refractivity contribution >= 4 is 29.5 Å². The highest BCUT2D eigenvalue weighted by Gasteiger charge is 2.43. The Hall–Kier alpha value is -3.30. The number of ether oxygens (including phenoxy) is 3. The third-order valence-corrected chi connectivity index (χ3v) is 6.54. The summed E-state index contributed by atoms with van der Waals surface area (Å²) in [7, 11) is 1.60. The van der Waals surface area contributed by atoms with Crippen molar-refractivity contribution in [1.29, 1.82) is 0 Å². The number of anilines is 1. The minimum Gasteiger partial charge on any atom is -0.505 e. The SMILES string of the molecule is CCCCCC[C@H]1C(=O)O[C@H](C)[C@H](NC(=O)c2cccc(NC)c2O)C(=O)O[C@@H](C)[C@@H]1OC(=O)CC(C)C. The van der Waals surface area contributed by atoms with Crippen LogP contribution >= 0.6 is 0 Å². The Labute approximate surface area is 224 Å². The molecule has 0 bridgehead atoms. The van der Waals surface area contributed by atoms with Crippen molar-refractivity contribution in [2.45, 2.75) is 97.5 Å². The Bertz CT molecular complexity index is 980. The lowest BCUT2D eigenvalue weighted by atomic mass is 9.92. The molecule has 0 aliphatic carbocycles. The Morgan fingerprint density at radius 1 is 1.05 bits per heavy atom. The number of para-hydroxylation sites is 1. The predicted molar refractivity (Wildman–Crippen MR) is 142 cm³/mol. The van der Waals surface area contributed by atoms with Crippen LogP contribution in [0.25, 0.3) is 0 Å². The zero-order valence-electron chi connectivity index (χ0n) is 23.2. The van der Waals surface area contributed by atoms with Crippen molar-refractivity contribution in [1.82, 2.24) is 5.32 Å². The molecule has 0 spiro atoms. The molecule has 1 saturated heterocycles. The van der Waals surface area contributed by atoms with Crippen LogP contribution in [0.2, 0.25) is 0 Å². The van der Waals surface area contributed by atoms with Gasteiger partial charge in [0.15, 0.2) is 17.9 Å². The third kappa shape index (κ3) is 8.36. The maximum atomic E-state index is 13.4. The van der Waals surface area contributed by atoms with Gasteiger partial charge < -0.3 is 30.0 Å². The van der Waals surface area contributed by atoms with Crippen LogP contribution in [0.1, 0.15) is 83.5 Å². The smallest absolute Gasteiger partial charge is 0.332 e. The van der Waals surface area contributed by atoms with Gasteiger partial charge in [-0.25, -0.2) is 4.79 Å². The van der Waals surface area contributed by atoms with Crippen LogP contribution in [-0.2, 0) is 28.6 Å². The first-order chi connectivity index (χ1) is 18.0. The number of hydrogen-bond acceptors (Lipinski definition) is 9. The molecule has 5 atom stereocenters. The van der Waals surface area contributed by atoms with Gasteiger partial charge in [0.1, 0.15) is 12.2 Å². The molecule has 0 saturated carbocycles. The molecular formula is C28H42N2O8. The average Bonchev–Trinajstić information content (AvgIpc) is 2.87. The van der Waals surface area contributed by atoms with E-state index in [2.05, 4.69) is 17.6 Å². The van der Waals surface area contributed by atoms with E-state index in [0.29, 0.717) is 18.5 Å². The van der Waals surface area contributed by atoms with E-state index >= 15 is 0 Å². The summed E-state index contributed by atoms with van der Waals surface area (Å²) in [5.41, 5.74) is 0.269. The molecule has 10 heteroatoms. The molecule has 1 amide bonds. The molecule has 0 radical (unpaired) electrons. The number of phenolic OH excluding ortho intramolecular Hbond substituents is 1. The summed E-state index contributed by atoms with van der Waals surface area (Å²) in [6, 6.07) is 3.22. The third-order valence-electron chi connectivity index (χ3n) is 6.54. The Morgan fingerprint density at radius 2 is 1.74 bits per heavy atom. The molecule has 3 N–H and O–H groups in total. The number of carbonyl (C=O) groups excluding carboxylic acids is 4.